The van der Waals surface area contributed by atoms with E-state index in [4.69, 9.17) is 15.7 Å². The highest BCUT2D eigenvalue weighted by molar-refractivity contribution is 5.99. The zero-order valence-corrected chi connectivity index (χ0v) is 12.3. The van der Waals surface area contributed by atoms with Crippen molar-refractivity contribution >= 4 is 11.7 Å². The lowest BCUT2D eigenvalue weighted by Crippen LogP contribution is -2.57. The lowest BCUT2D eigenvalue weighted by atomic mass is 9.99. The van der Waals surface area contributed by atoms with Crippen LogP contribution in [0.25, 0.3) is 0 Å². The maximum absolute atomic E-state index is 8.87. The molecule has 3 N–H and O–H groups in total. The largest absolute Gasteiger partial charge is 0.409 e. The number of ether oxygens (including phenoxy) is 1. The Kier molecular flexibility index (Phi) is 3.56. The molecule has 1 fully saturated rings. The van der Waals surface area contributed by atoms with Crippen molar-refractivity contribution in [3.63, 3.8) is 0 Å². The number of oxime groups is 1. The van der Waals surface area contributed by atoms with E-state index in [0.29, 0.717) is 24.6 Å². The van der Waals surface area contributed by atoms with Crippen LogP contribution in [0.3, 0.4) is 0 Å². The van der Waals surface area contributed by atoms with E-state index in [1.165, 1.54) is 6.20 Å². The van der Waals surface area contributed by atoms with Gasteiger partial charge in [0.05, 0.1) is 11.2 Å². The molecule has 0 spiro atoms. The summed E-state index contributed by atoms with van der Waals surface area (Å²) in [6, 6.07) is 0. The standard InChI is InChI=1S/C13H21N5O2/c1-12(2)7-18(8-13(3,4)20-12)11-9(10(14)17-19)15-5-6-16-11/h5-6,19H,7-8H2,1-4H3,(H2,14,17). The van der Waals surface area contributed by atoms with Crippen LogP contribution < -0.4 is 10.6 Å². The zero-order valence-electron chi connectivity index (χ0n) is 12.3. The Morgan fingerprint density at radius 3 is 2.35 bits per heavy atom. The van der Waals surface area contributed by atoms with Gasteiger partial charge >= 0.3 is 0 Å². The van der Waals surface area contributed by atoms with Crippen LogP contribution in [0.1, 0.15) is 33.4 Å². The molecule has 7 heteroatoms. The monoisotopic (exact) mass is 279 g/mol. The SMILES string of the molecule is CC1(C)CN(c2nccnc2C(N)=NO)CC(C)(C)O1. The van der Waals surface area contributed by atoms with Crippen molar-refractivity contribution in [3.8, 4) is 0 Å². The Balaban J connectivity index is 2.41. The van der Waals surface area contributed by atoms with Gasteiger partial charge in [-0.1, -0.05) is 5.16 Å². The minimum Gasteiger partial charge on any atom is -0.409 e. The molecule has 1 aromatic rings. The van der Waals surface area contributed by atoms with E-state index in [-0.39, 0.29) is 17.0 Å². The number of rotatable bonds is 2. The lowest BCUT2D eigenvalue weighted by molar-refractivity contribution is -0.133. The number of morpholine rings is 1. The third kappa shape index (κ3) is 2.98. The van der Waals surface area contributed by atoms with Crippen LogP contribution in [0.4, 0.5) is 5.82 Å². The summed E-state index contributed by atoms with van der Waals surface area (Å²) >= 11 is 0. The predicted octanol–water partition coefficient (Wildman–Crippen LogP) is 0.965. The van der Waals surface area contributed by atoms with Gasteiger partial charge in [-0.15, -0.1) is 0 Å². The number of hydrogen-bond donors (Lipinski definition) is 2. The molecule has 0 saturated carbocycles. The Morgan fingerprint density at radius 1 is 1.25 bits per heavy atom. The van der Waals surface area contributed by atoms with E-state index in [1.54, 1.807) is 6.20 Å². The maximum atomic E-state index is 8.87. The van der Waals surface area contributed by atoms with Gasteiger partial charge < -0.3 is 20.6 Å². The predicted molar refractivity (Wildman–Crippen MR) is 76.0 cm³/mol. The van der Waals surface area contributed by atoms with Crippen molar-refractivity contribution < 1.29 is 9.94 Å². The number of nitrogens with two attached hydrogens (primary N) is 1. The molecule has 2 heterocycles. The van der Waals surface area contributed by atoms with Crippen LogP contribution in [0.15, 0.2) is 17.5 Å². The van der Waals surface area contributed by atoms with E-state index < -0.39 is 0 Å². The van der Waals surface area contributed by atoms with Gasteiger partial charge in [-0.3, -0.25) is 0 Å². The molecule has 0 aromatic carbocycles. The summed E-state index contributed by atoms with van der Waals surface area (Å²) in [5.74, 6) is 0.558. The molecule has 2 rings (SSSR count). The molecular formula is C13H21N5O2. The number of amidine groups is 1. The van der Waals surface area contributed by atoms with Gasteiger partial charge in [0, 0.05) is 25.5 Å². The molecular weight excluding hydrogens is 258 g/mol. The summed E-state index contributed by atoms with van der Waals surface area (Å²) in [6.45, 7) is 9.42. The summed E-state index contributed by atoms with van der Waals surface area (Å²) in [5.41, 5.74) is 5.42. The molecule has 0 radical (unpaired) electrons. The smallest absolute Gasteiger partial charge is 0.192 e. The Labute approximate surface area is 118 Å². The van der Waals surface area contributed by atoms with Gasteiger partial charge in [0.15, 0.2) is 17.3 Å². The van der Waals surface area contributed by atoms with Gasteiger partial charge in [-0.05, 0) is 27.7 Å². The van der Waals surface area contributed by atoms with Gasteiger partial charge in [-0.25, -0.2) is 9.97 Å². The lowest BCUT2D eigenvalue weighted by Gasteiger charge is -2.47. The molecule has 1 saturated heterocycles. The summed E-state index contributed by atoms with van der Waals surface area (Å²) in [7, 11) is 0. The summed E-state index contributed by atoms with van der Waals surface area (Å²) < 4.78 is 6.04. The van der Waals surface area contributed by atoms with Gasteiger partial charge in [-0.2, -0.15) is 0 Å². The third-order valence-corrected chi connectivity index (χ3v) is 3.02. The highest BCUT2D eigenvalue weighted by Gasteiger charge is 2.39. The molecule has 0 unspecified atom stereocenters. The minimum atomic E-state index is -0.318. The van der Waals surface area contributed by atoms with E-state index in [0.717, 1.165) is 0 Å². The van der Waals surface area contributed by atoms with Crippen molar-refractivity contribution in [2.45, 2.75) is 38.9 Å². The van der Waals surface area contributed by atoms with Gasteiger partial charge in [0.2, 0.25) is 0 Å². The molecule has 1 aliphatic heterocycles. The highest BCUT2D eigenvalue weighted by Crippen LogP contribution is 2.31. The fourth-order valence-corrected chi connectivity index (χ4v) is 2.73. The van der Waals surface area contributed by atoms with Crippen molar-refractivity contribution in [1.82, 2.24) is 9.97 Å². The number of hydrogen-bond acceptors (Lipinski definition) is 6. The highest BCUT2D eigenvalue weighted by atomic mass is 16.5. The summed E-state index contributed by atoms with van der Waals surface area (Å²) in [5, 5.41) is 11.9. The van der Waals surface area contributed by atoms with Crippen LogP contribution in [-0.2, 0) is 4.74 Å². The molecule has 0 amide bonds. The number of aromatic nitrogens is 2. The van der Waals surface area contributed by atoms with Gasteiger partial charge in [0.25, 0.3) is 0 Å². The first-order valence-electron chi connectivity index (χ1n) is 6.48. The van der Waals surface area contributed by atoms with Crippen LogP contribution in [0, 0.1) is 0 Å². The van der Waals surface area contributed by atoms with E-state index >= 15 is 0 Å². The van der Waals surface area contributed by atoms with Crippen LogP contribution in [-0.4, -0.2) is 45.3 Å². The normalized spacial score (nSPS) is 21.8. The second-order valence-electron chi connectivity index (χ2n) is 6.19. The Hall–Kier alpha value is -1.89. The fraction of sp³-hybridized carbons (Fsp3) is 0.615. The quantitative estimate of drug-likeness (QED) is 0.362. The zero-order chi connectivity index (χ0) is 15.0. The number of nitrogens with zero attached hydrogens (tertiary/aromatic N) is 4. The molecule has 0 aliphatic carbocycles. The second kappa shape index (κ2) is 4.90. The van der Waals surface area contributed by atoms with Crippen molar-refractivity contribution in [3.05, 3.63) is 18.1 Å². The Bertz CT molecular complexity index is 511. The molecule has 110 valence electrons. The topological polar surface area (TPSA) is 96.9 Å². The third-order valence-electron chi connectivity index (χ3n) is 3.02. The average molecular weight is 279 g/mol. The van der Waals surface area contributed by atoms with Crippen molar-refractivity contribution in [1.29, 1.82) is 0 Å². The average Bonchev–Trinajstić information content (AvgIpc) is 2.34. The fourth-order valence-electron chi connectivity index (χ4n) is 2.73. The molecule has 1 aliphatic rings. The Morgan fingerprint density at radius 2 is 1.80 bits per heavy atom. The van der Waals surface area contributed by atoms with E-state index in [2.05, 4.69) is 20.0 Å². The number of anilines is 1. The minimum absolute atomic E-state index is 0.0461. The molecule has 1 aromatic heterocycles. The first-order valence-corrected chi connectivity index (χ1v) is 6.48. The second-order valence-corrected chi connectivity index (χ2v) is 6.19. The van der Waals surface area contributed by atoms with Crippen molar-refractivity contribution in [2.24, 2.45) is 10.9 Å². The van der Waals surface area contributed by atoms with Crippen LogP contribution >= 0.6 is 0 Å². The summed E-state index contributed by atoms with van der Waals surface area (Å²) in [4.78, 5) is 10.6. The van der Waals surface area contributed by atoms with Gasteiger partial charge in [0.1, 0.15) is 0 Å². The molecule has 7 nitrogen and oxygen atoms in total. The van der Waals surface area contributed by atoms with E-state index in [9.17, 15) is 0 Å². The molecule has 0 bridgehead atoms. The first kappa shape index (κ1) is 14.5. The van der Waals surface area contributed by atoms with E-state index in [1.807, 2.05) is 27.7 Å². The molecule has 0 atom stereocenters. The maximum Gasteiger partial charge on any atom is 0.192 e. The first-order chi connectivity index (χ1) is 9.24. The van der Waals surface area contributed by atoms with Crippen molar-refractivity contribution in [2.75, 3.05) is 18.0 Å². The van der Waals surface area contributed by atoms with Crippen LogP contribution in [0.5, 0.6) is 0 Å². The summed E-state index contributed by atoms with van der Waals surface area (Å²) in [6.07, 6.45) is 3.12. The molecule has 20 heavy (non-hydrogen) atoms. The van der Waals surface area contributed by atoms with Crippen LogP contribution in [0.2, 0.25) is 0 Å².